The van der Waals surface area contributed by atoms with Gasteiger partial charge >= 0.3 is 0 Å². The van der Waals surface area contributed by atoms with Crippen LogP contribution in [-0.4, -0.2) is 79.9 Å². The van der Waals surface area contributed by atoms with Crippen molar-refractivity contribution in [2.75, 3.05) is 40.3 Å². The maximum Gasteiger partial charge on any atom is 0.261 e. The van der Waals surface area contributed by atoms with Gasteiger partial charge in [0.25, 0.3) is 5.92 Å². The Morgan fingerprint density at radius 3 is 2.35 bits per heavy atom. The summed E-state index contributed by atoms with van der Waals surface area (Å²) in [6.45, 7) is 10.3. The van der Waals surface area contributed by atoms with Gasteiger partial charge in [-0.3, -0.25) is 4.90 Å². The third-order valence-electron chi connectivity index (χ3n) is 5.90. The second kappa shape index (κ2) is 8.80. The molecule has 0 aromatic rings. The number of piperazine rings is 1. The first-order valence-electron chi connectivity index (χ1n) is 10.0. The fraction of sp³-hybridized carbons (Fsp3) is 1.00. The first-order chi connectivity index (χ1) is 12.0. The third kappa shape index (κ3) is 6.39. The van der Waals surface area contributed by atoms with E-state index in [9.17, 15) is 8.78 Å². The molecule has 1 saturated heterocycles. The molecule has 154 valence electrons. The van der Waals surface area contributed by atoms with E-state index in [1.165, 1.54) is 0 Å². The Morgan fingerprint density at radius 2 is 1.77 bits per heavy atom. The maximum absolute atomic E-state index is 14.0. The zero-order chi connectivity index (χ0) is 19.5. The Bertz CT molecular complexity index is 436. The highest BCUT2D eigenvalue weighted by atomic mass is 19.3. The topological polar surface area (TPSA) is 24.9 Å². The standard InChI is InChI=1S/C20H38F2N2O2/c1-15(13-19(2,3)26-17-11-16(12-17)25-6)7-8-24-10-9-23(5)14-18(24)20(4,21)22/h15-18H,7-14H2,1-6H3. The average Bonchev–Trinajstić information content (AvgIpc) is 2.47. The SMILES string of the molecule is COC1CC(OC(C)(C)CC(C)CCN2CCN(C)CC2C(C)(F)F)C1. The van der Waals surface area contributed by atoms with E-state index in [4.69, 9.17) is 9.47 Å². The van der Waals surface area contributed by atoms with Gasteiger partial charge in [0.05, 0.1) is 23.9 Å². The molecule has 0 aromatic heterocycles. The van der Waals surface area contributed by atoms with Gasteiger partial charge in [0, 0.05) is 33.7 Å². The van der Waals surface area contributed by atoms with E-state index in [0.29, 0.717) is 24.7 Å². The molecule has 0 aromatic carbocycles. The lowest BCUT2D eigenvalue weighted by atomic mass is 9.88. The first-order valence-corrected chi connectivity index (χ1v) is 10.0. The van der Waals surface area contributed by atoms with Gasteiger partial charge in [-0.25, -0.2) is 8.78 Å². The van der Waals surface area contributed by atoms with E-state index < -0.39 is 12.0 Å². The molecule has 2 atom stereocenters. The zero-order valence-electron chi connectivity index (χ0n) is 17.4. The summed E-state index contributed by atoms with van der Waals surface area (Å²) in [7, 11) is 3.67. The van der Waals surface area contributed by atoms with E-state index >= 15 is 0 Å². The molecule has 1 saturated carbocycles. The molecule has 4 nitrogen and oxygen atoms in total. The van der Waals surface area contributed by atoms with Gasteiger partial charge in [-0.15, -0.1) is 0 Å². The minimum atomic E-state index is -2.66. The van der Waals surface area contributed by atoms with E-state index in [2.05, 4.69) is 20.8 Å². The van der Waals surface area contributed by atoms with Crippen LogP contribution in [-0.2, 0) is 9.47 Å². The monoisotopic (exact) mass is 376 g/mol. The van der Waals surface area contributed by atoms with E-state index in [1.54, 1.807) is 7.11 Å². The predicted molar refractivity (Wildman–Crippen MR) is 101 cm³/mol. The molecule has 0 N–H and O–H groups in total. The lowest BCUT2D eigenvalue weighted by molar-refractivity contribution is -0.153. The molecule has 26 heavy (non-hydrogen) atoms. The van der Waals surface area contributed by atoms with Gasteiger partial charge in [-0.2, -0.15) is 0 Å². The van der Waals surface area contributed by atoms with Crippen molar-refractivity contribution in [3.63, 3.8) is 0 Å². The number of ether oxygens (including phenoxy) is 2. The number of likely N-dealkylation sites (N-methyl/N-ethyl adjacent to an activating group) is 1. The molecule has 1 aliphatic carbocycles. The summed E-state index contributed by atoms with van der Waals surface area (Å²) in [5, 5.41) is 0. The summed E-state index contributed by atoms with van der Waals surface area (Å²) in [6, 6.07) is -0.682. The van der Waals surface area contributed by atoms with Crippen LogP contribution in [0.3, 0.4) is 0 Å². The smallest absolute Gasteiger partial charge is 0.261 e. The van der Waals surface area contributed by atoms with E-state index in [1.807, 2.05) is 16.8 Å². The van der Waals surface area contributed by atoms with Gasteiger partial charge in [0.1, 0.15) is 0 Å². The fourth-order valence-electron chi connectivity index (χ4n) is 4.34. The Balaban J connectivity index is 1.77. The van der Waals surface area contributed by atoms with Crippen molar-refractivity contribution in [3.05, 3.63) is 0 Å². The molecule has 2 fully saturated rings. The predicted octanol–water partition coefficient (Wildman–Crippen LogP) is 3.65. The van der Waals surface area contributed by atoms with Crippen LogP contribution in [0.15, 0.2) is 0 Å². The summed E-state index contributed by atoms with van der Waals surface area (Å²) < 4.78 is 39.5. The summed E-state index contributed by atoms with van der Waals surface area (Å²) in [5.74, 6) is -2.23. The first kappa shape index (κ1) is 22.0. The zero-order valence-corrected chi connectivity index (χ0v) is 17.4. The van der Waals surface area contributed by atoms with Crippen LogP contribution in [0.5, 0.6) is 0 Å². The van der Waals surface area contributed by atoms with Crippen LogP contribution in [0.2, 0.25) is 0 Å². The molecule has 1 heterocycles. The number of alkyl halides is 2. The summed E-state index contributed by atoms with van der Waals surface area (Å²) in [5.41, 5.74) is -0.182. The number of hydrogen-bond donors (Lipinski definition) is 0. The normalized spacial score (nSPS) is 30.2. The molecule has 0 spiro atoms. The quantitative estimate of drug-likeness (QED) is 0.613. The van der Waals surface area contributed by atoms with Gasteiger partial charge in [-0.1, -0.05) is 6.92 Å². The molecule has 0 bridgehead atoms. The molecule has 2 rings (SSSR count). The number of halogens is 2. The minimum Gasteiger partial charge on any atom is -0.381 e. The van der Waals surface area contributed by atoms with Crippen molar-refractivity contribution >= 4 is 0 Å². The molecule has 2 aliphatic rings. The number of nitrogens with zero attached hydrogens (tertiary/aromatic N) is 2. The lowest BCUT2D eigenvalue weighted by Crippen LogP contribution is -2.58. The largest absolute Gasteiger partial charge is 0.381 e. The summed E-state index contributed by atoms with van der Waals surface area (Å²) >= 11 is 0. The van der Waals surface area contributed by atoms with Crippen LogP contribution in [0.25, 0.3) is 0 Å². The molecule has 0 radical (unpaired) electrons. The fourth-order valence-corrected chi connectivity index (χ4v) is 4.34. The highest BCUT2D eigenvalue weighted by Crippen LogP contribution is 2.33. The molecule has 0 amide bonds. The van der Waals surface area contributed by atoms with E-state index in [-0.39, 0.29) is 5.60 Å². The third-order valence-corrected chi connectivity index (χ3v) is 5.90. The summed E-state index contributed by atoms with van der Waals surface area (Å²) in [4.78, 5) is 3.99. The minimum absolute atomic E-state index is 0.182. The van der Waals surface area contributed by atoms with Crippen molar-refractivity contribution in [2.24, 2.45) is 5.92 Å². The number of rotatable bonds is 9. The van der Waals surface area contributed by atoms with Gasteiger partial charge < -0.3 is 14.4 Å². The highest BCUT2D eigenvalue weighted by molar-refractivity contribution is 4.89. The maximum atomic E-state index is 14.0. The van der Waals surface area contributed by atoms with E-state index in [0.717, 1.165) is 52.2 Å². The van der Waals surface area contributed by atoms with Gasteiger partial charge in [-0.05, 0) is 59.0 Å². The highest BCUT2D eigenvalue weighted by Gasteiger charge is 2.41. The lowest BCUT2D eigenvalue weighted by Gasteiger charge is -2.43. The van der Waals surface area contributed by atoms with Crippen molar-refractivity contribution in [1.29, 1.82) is 0 Å². The number of hydrogen-bond acceptors (Lipinski definition) is 4. The molecular formula is C20H38F2N2O2. The van der Waals surface area contributed by atoms with Crippen molar-refractivity contribution in [2.45, 2.75) is 83.2 Å². The molecule has 2 unspecified atom stereocenters. The van der Waals surface area contributed by atoms with Crippen LogP contribution >= 0.6 is 0 Å². The molecule has 6 heteroatoms. The van der Waals surface area contributed by atoms with Gasteiger partial charge in [0.2, 0.25) is 0 Å². The Morgan fingerprint density at radius 1 is 1.12 bits per heavy atom. The average molecular weight is 377 g/mol. The van der Waals surface area contributed by atoms with Crippen molar-refractivity contribution in [1.82, 2.24) is 9.80 Å². The van der Waals surface area contributed by atoms with Crippen LogP contribution in [0.4, 0.5) is 8.78 Å². The van der Waals surface area contributed by atoms with Gasteiger partial charge in [0.15, 0.2) is 0 Å². The summed E-state index contributed by atoms with van der Waals surface area (Å²) in [6.07, 6.45) is 4.46. The van der Waals surface area contributed by atoms with Crippen LogP contribution in [0.1, 0.15) is 53.4 Å². The van der Waals surface area contributed by atoms with Crippen molar-refractivity contribution < 1.29 is 18.3 Å². The molecular weight excluding hydrogens is 338 g/mol. The van der Waals surface area contributed by atoms with Crippen molar-refractivity contribution in [3.8, 4) is 0 Å². The Hall–Kier alpha value is -0.300. The number of methoxy groups -OCH3 is 1. The second-order valence-electron chi connectivity index (χ2n) is 9.20. The Labute approximate surface area is 158 Å². The Kier molecular flexibility index (Phi) is 7.45. The van der Waals surface area contributed by atoms with Crippen LogP contribution < -0.4 is 0 Å². The second-order valence-corrected chi connectivity index (χ2v) is 9.20. The molecule has 1 aliphatic heterocycles. The van der Waals surface area contributed by atoms with Crippen LogP contribution in [0, 0.1) is 5.92 Å².